The van der Waals surface area contributed by atoms with Crippen LogP contribution in [0, 0.1) is 5.92 Å². The molecule has 21 heavy (non-hydrogen) atoms. The first-order valence-electron chi connectivity index (χ1n) is 6.32. The molecule has 0 aromatic heterocycles. The summed E-state index contributed by atoms with van der Waals surface area (Å²) in [6, 6.07) is 4.88. The SMILES string of the molecule is C=C(F)c1ccc(C(CC)(C(=O)O)[C@@H](C)C(F)(F)F)cc1. The zero-order chi connectivity index (χ0) is 16.4. The van der Waals surface area contributed by atoms with E-state index in [-0.39, 0.29) is 17.5 Å². The Balaban J connectivity index is 3.44. The van der Waals surface area contributed by atoms with E-state index in [1.165, 1.54) is 31.2 Å². The molecule has 0 aliphatic heterocycles. The van der Waals surface area contributed by atoms with Crippen molar-refractivity contribution in [3.63, 3.8) is 0 Å². The van der Waals surface area contributed by atoms with Crippen LogP contribution in [0.25, 0.3) is 5.83 Å². The number of carbonyl (C=O) groups is 1. The fourth-order valence-corrected chi connectivity index (χ4v) is 2.45. The van der Waals surface area contributed by atoms with Crippen molar-refractivity contribution in [2.75, 3.05) is 0 Å². The third-order valence-corrected chi connectivity index (χ3v) is 3.88. The highest BCUT2D eigenvalue weighted by Crippen LogP contribution is 2.44. The molecule has 1 unspecified atom stereocenters. The topological polar surface area (TPSA) is 37.3 Å². The molecule has 2 nitrogen and oxygen atoms in total. The summed E-state index contributed by atoms with van der Waals surface area (Å²) in [7, 11) is 0. The van der Waals surface area contributed by atoms with Crippen LogP contribution in [0.2, 0.25) is 0 Å². The lowest BCUT2D eigenvalue weighted by atomic mass is 9.68. The van der Waals surface area contributed by atoms with E-state index < -0.39 is 29.3 Å². The van der Waals surface area contributed by atoms with E-state index in [9.17, 15) is 27.5 Å². The summed E-state index contributed by atoms with van der Waals surface area (Å²) in [6.07, 6.45) is -4.89. The first kappa shape index (κ1) is 17.2. The lowest BCUT2D eigenvalue weighted by molar-refractivity contribution is -0.198. The highest BCUT2D eigenvalue weighted by Gasteiger charge is 2.55. The van der Waals surface area contributed by atoms with Crippen LogP contribution >= 0.6 is 0 Å². The largest absolute Gasteiger partial charge is 0.481 e. The van der Waals surface area contributed by atoms with Crippen molar-refractivity contribution in [2.45, 2.75) is 31.9 Å². The average molecular weight is 304 g/mol. The van der Waals surface area contributed by atoms with Gasteiger partial charge in [-0.15, -0.1) is 0 Å². The molecule has 0 aliphatic carbocycles. The van der Waals surface area contributed by atoms with Gasteiger partial charge in [-0.25, -0.2) is 4.39 Å². The molecule has 0 saturated carbocycles. The summed E-state index contributed by atoms with van der Waals surface area (Å²) < 4.78 is 52.1. The minimum atomic E-state index is -4.66. The van der Waals surface area contributed by atoms with Crippen molar-refractivity contribution in [1.29, 1.82) is 0 Å². The summed E-state index contributed by atoms with van der Waals surface area (Å²) in [5.74, 6) is -4.36. The van der Waals surface area contributed by atoms with Gasteiger partial charge in [-0.05, 0) is 12.0 Å². The van der Waals surface area contributed by atoms with Crippen LogP contribution in [0.15, 0.2) is 30.8 Å². The van der Waals surface area contributed by atoms with E-state index in [1.54, 1.807) is 0 Å². The molecule has 1 N–H and O–H groups in total. The zero-order valence-electron chi connectivity index (χ0n) is 11.7. The number of carboxylic acid groups (broad SMARTS) is 1. The highest BCUT2D eigenvalue weighted by molar-refractivity contribution is 5.82. The number of hydrogen-bond acceptors (Lipinski definition) is 1. The molecule has 2 atom stereocenters. The Bertz CT molecular complexity index is 534. The van der Waals surface area contributed by atoms with E-state index in [2.05, 4.69) is 6.58 Å². The summed E-state index contributed by atoms with van der Waals surface area (Å²) >= 11 is 0. The van der Waals surface area contributed by atoms with Gasteiger partial charge >= 0.3 is 12.1 Å². The molecule has 0 spiro atoms. The molecule has 0 bridgehead atoms. The predicted molar refractivity (Wildman–Crippen MR) is 71.4 cm³/mol. The summed E-state index contributed by atoms with van der Waals surface area (Å²) in [4.78, 5) is 11.6. The van der Waals surface area contributed by atoms with Gasteiger partial charge in [-0.1, -0.05) is 44.7 Å². The third kappa shape index (κ3) is 3.09. The minimum absolute atomic E-state index is 0.00711. The number of rotatable bonds is 5. The molecular formula is C15H16F4O2. The van der Waals surface area contributed by atoms with E-state index >= 15 is 0 Å². The number of carboxylic acids is 1. The summed E-state index contributed by atoms with van der Waals surface area (Å²) in [5, 5.41) is 9.40. The van der Waals surface area contributed by atoms with Crippen LogP contribution in [0.4, 0.5) is 17.6 Å². The smallest absolute Gasteiger partial charge is 0.392 e. The molecule has 0 heterocycles. The quantitative estimate of drug-likeness (QED) is 0.810. The molecule has 0 amide bonds. The number of benzene rings is 1. The number of aliphatic carboxylic acids is 1. The van der Waals surface area contributed by atoms with Crippen LogP contribution in [0.1, 0.15) is 31.4 Å². The zero-order valence-corrected chi connectivity index (χ0v) is 11.7. The van der Waals surface area contributed by atoms with E-state index in [1.807, 2.05) is 0 Å². The number of halogens is 4. The molecule has 1 aromatic carbocycles. The lowest BCUT2D eigenvalue weighted by Crippen LogP contribution is -2.47. The lowest BCUT2D eigenvalue weighted by Gasteiger charge is -2.36. The monoisotopic (exact) mass is 304 g/mol. The maximum atomic E-state index is 13.0. The van der Waals surface area contributed by atoms with Crippen LogP contribution in [0.3, 0.4) is 0 Å². The van der Waals surface area contributed by atoms with Crippen molar-refractivity contribution in [3.05, 3.63) is 42.0 Å². The van der Waals surface area contributed by atoms with Crippen LogP contribution in [-0.2, 0) is 10.2 Å². The molecule has 6 heteroatoms. The van der Waals surface area contributed by atoms with Gasteiger partial charge in [0.15, 0.2) is 0 Å². The molecule has 0 aliphatic rings. The van der Waals surface area contributed by atoms with Gasteiger partial charge in [-0.2, -0.15) is 13.2 Å². The fraction of sp³-hybridized carbons (Fsp3) is 0.400. The third-order valence-electron chi connectivity index (χ3n) is 3.88. The Morgan fingerprint density at radius 2 is 1.76 bits per heavy atom. The fourth-order valence-electron chi connectivity index (χ4n) is 2.45. The normalized spacial score (nSPS) is 16.1. The second-order valence-corrected chi connectivity index (χ2v) is 4.88. The maximum Gasteiger partial charge on any atom is 0.392 e. The highest BCUT2D eigenvalue weighted by atomic mass is 19.4. The van der Waals surface area contributed by atoms with Crippen molar-refractivity contribution >= 4 is 11.8 Å². The van der Waals surface area contributed by atoms with Gasteiger partial charge in [0.25, 0.3) is 0 Å². The Morgan fingerprint density at radius 1 is 1.29 bits per heavy atom. The van der Waals surface area contributed by atoms with Crippen LogP contribution in [-0.4, -0.2) is 17.3 Å². The standard InChI is InChI=1S/C15H16F4O2/c1-4-14(13(20)21,10(3)15(17,18)19)12-7-5-11(6-8-12)9(2)16/h5-8,10H,2,4H2,1,3H3,(H,20,21)/t10-,14?/m1/s1. The average Bonchev–Trinajstić information content (AvgIpc) is 2.39. The Labute approximate surface area is 120 Å². The molecule has 0 radical (unpaired) electrons. The van der Waals surface area contributed by atoms with Crippen molar-refractivity contribution < 1.29 is 27.5 Å². The molecule has 116 valence electrons. The van der Waals surface area contributed by atoms with Gasteiger partial charge in [0.2, 0.25) is 0 Å². The maximum absolute atomic E-state index is 13.0. The molecular weight excluding hydrogens is 288 g/mol. The Kier molecular flexibility index (Phi) is 4.81. The van der Waals surface area contributed by atoms with Crippen molar-refractivity contribution in [3.8, 4) is 0 Å². The van der Waals surface area contributed by atoms with Gasteiger partial charge in [0.1, 0.15) is 11.2 Å². The first-order chi connectivity index (χ1) is 9.57. The molecule has 0 fully saturated rings. The second-order valence-electron chi connectivity index (χ2n) is 4.88. The van der Waals surface area contributed by atoms with E-state index in [0.29, 0.717) is 0 Å². The first-order valence-corrected chi connectivity index (χ1v) is 6.32. The van der Waals surface area contributed by atoms with E-state index in [0.717, 1.165) is 6.92 Å². The number of alkyl halides is 3. The number of hydrogen-bond donors (Lipinski definition) is 1. The Hall–Kier alpha value is -1.85. The molecule has 0 saturated heterocycles. The predicted octanol–water partition coefficient (Wildman–Crippen LogP) is 4.56. The Morgan fingerprint density at radius 3 is 2.05 bits per heavy atom. The van der Waals surface area contributed by atoms with Gasteiger partial charge in [-0.3, -0.25) is 4.79 Å². The van der Waals surface area contributed by atoms with Crippen molar-refractivity contribution in [2.24, 2.45) is 5.92 Å². The molecule has 1 aromatic rings. The van der Waals surface area contributed by atoms with Gasteiger partial charge < -0.3 is 5.11 Å². The molecule has 1 rings (SSSR count). The second kappa shape index (κ2) is 5.87. The van der Waals surface area contributed by atoms with E-state index in [4.69, 9.17) is 0 Å². The van der Waals surface area contributed by atoms with Crippen LogP contribution < -0.4 is 0 Å². The van der Waals surface area contributed by atoms with Crippen LogP contribution in [0.5, 0.6) is 0 Å². The summed E-state index contributed by atoms with van der Waals surface area (Å²) in [5.41, 5.74) is -2.00. The minimum Gasteiger partial charge on any atom is -0.481 e. The summed E-state index contributed by atoms with van der Waals surface area (Å²) in [6.45, 7) is 5.32. The van der Waals surface area contributed by atoms with Gasteiger partial charge in [0.05, 0.1) is 5.92 Å². The van der Waals surface area contributed by atoms with Gasteiger partial charge in [0, 0.05) is 5.56 Å². The van der Waals surface area contributed by atoms with Crippen molar-refractivity contribution in [1.82, 2.24) is 0 Å².